The van der Waals surface area contributed by atoms with E-state index in [0.29, 0.717) is 26.2 Å². The predicted octanol–water partition coefficient (Wildman–Crippen LogP) is 0.834. The molecule has 0 bridgehead atoms. The molecule has 1 aliphatic rings. The minimum absolute atomic E-state index is 0.0542. The quantitative estimate of drug-likeness (QED) is 0.731. The first-order valence-corrected chi connectivity index (χ1v) is 7.82. The van der Waals surface area contributed by atoms with E-state index < -0.39 is 10.2 Å². The molecule has 6 heteroatoms. The lowest BCUT2D eigenvalue weighted by atomic mass is 10.0. The third kappa shape index (κ3) is 3.78. The van der Waals surface area contributed by atoms with Crippen molar-refractivity contribution in [3.63, 3.8) is 0 Å². The topological polar surface area (TPSA) is 60.9 Å². The summed E-state index contributed by atoms with van der Waals surface area (Å²) < 4.78 is 27.8. The third-order valence-corrected chi connectivity index (χ3v) is 5.22. The van der Waals surface area contributed by atoms with Gasteiger partial charge in [-0.2, -0.15) is 17.0 Å². The first kappa shape index (κ1) is 15.6. The van der Waals surface area contributed by atoms with Crippen molar-refractivity contribution in [2.45, 2.75) is 26.7 Å². The minimum Gasteiger partial charge on any atom is -0.396 e. The van der Waals surface area contributed by atoms with Crippen molar-refractivity contribution in [3.05, 3.63) is 12.2 Å². The van der Waals surface area contributed by atoms with Gasteiger partial charge in [-0.3, -0.25) is 0 Å². The maximum Gasteiger partial charge on any atom is 0.282 e. The molecule has 1 saturated heterocycles. The van der Waals surface area contributed by atoms with Crippen molar-refractivity contribution in [1.29, 1.82) is 0 Å². The average molecular weight is 276 g/mol. The van der Waals surface area contributed by atoms with Crippen molar-refractivity contribution in [3.8, 4) is 0 Å². The standard InChI is InChI=1S/C12H24N2O3S/c1-4-13(8-11(2)3)18(16,17)14-7-5-6-12(9-14)10-15/h12,15H,2,4-10H2,1,3H3. The zero-order valence-corrected chi connectivity index (χ0v) is 12.1. The zero-order chi connectivity index (χ0) is 13.8. The largest absolute Gasteiger partial charge is 0.396 e. The molecule has 1 aliphatic heterocycles. The van der Waals surface area contributed by atoms with Crippen molar-refractivity contribution in [1.82, 2.24) is 8.61 Å². The van der Waals surface area contributed by atoms with Gasteiger partial charge >= 0.3 is 0 Å². The van der Waals surface area contributed by atoms with E-state index in [1.54, 1.807) is 0 Å². The molecule has 106 valence electrons. The van der Waals surface area contributed by atoms with Gasteiger partial charge in [-0.1, -0.05) is 19.1 Å². The Morgan fingerprint density at radius 1 is 1.56 bits per heavy atom. The van der Waals surface area contributed by atoms with Gasteiger partial charge in [0.15, 0.2) is 0 Å². The van der Waals surface area contributed by atoms with Crippen LogP contribution < -0.4 is 0 Å². The molecule has 0 aromatic heterocycles. The third-order valence-electron chi connectivity index (χ3n) is 3.19. The molecular weight excluding hydrogens is 252 g/mol. The van der Waals surface area contributed by atoms with E-state index in [1.807, 2.05) is 13.8 Å². The van der Waals surface area contributed by atoms with E-state index in [9.17, 15) is 8.42 Å². The number of aliphatic hydroxyl groups excluding tert-OH is 1. The second kappa shape index (κ2) is 6.65. The maximum atomic E-state index is 12.4. The van der Waals surface area contributed by atoms with E-state index >= 15 is 0 Å². The molecule has 0 aliphatic carbocycles. The molecule has 5 nitrogen and oxygen atoms in total. The molecule has 1 rings (SSSR count). The van der Waals surface area contributed by atoms with Crippen LogP contribution in [0.15, 0.2) is 12.2 Å². The Balaban J connectivity index is 2.80. The van der Waals surface area contributed by atoms with Crippen molar-refractivity contribution in [2.24, 2.45) is 5.92 Å². The van der Waals surface area contributed by atoms with Gasteiger partial charge in [0.25, 0.3) is 10.2 Å². The van der Waals surface area contributed by atoms with Crippen LogP contribution in [0.1, 0.15) is 26.7 Å². The van der Waals surface area contributed by atoms with Gasteiger partial charge in [0, 0.05) is 32.8 Å². The molecule has 0 saturated carbocycles. The van der Waals surface area contributed by atoms with Gasteiger partial charge < -0.3 is 5.11 Å². The van der Waals surface area contributed by atoms with E-state index in [-0.39, 0.29) is 12.5 Å². The summed E-state index contributed by atoms with van der Waals surface area (Å²) in [5, 5.41) is 9.17. The number of hydrogen-bond acceptors (Lipinski definition) is 3. The number of piperidine rings is 1. The normalized spacial score (nSPS) is 22.3. The van der Waals surface area contributed by atoms with Crippen LogP contribution in [-0.4, -0.2) is 54.9 Å². The van der Waals surface area contributed by atoms with Gasteiger partial charge in [0.1, 0.15) is 0 Å². The van der Waals surface area contributed by atoms with Crippen LogP contribution >= 0.6 is 0 Å². The fourth-order valence-corrected chi connectivity index (χ4v) is 4.00. The molecule has 1 N–H and O–H groups in total. The van der Waals surface area contributed by atoms with Crippen LogP contribution in [0.3, 0.4) is 0 Å². The van der Waals surface area contributed by atoms with Crippen LogP contribution in [0.4, 0.5) is 0 Å². The number of hydrogen-bond donors (Lipinski definition) is 1. The average Bonchev–Trinajstić information content (AvgIpc) is 2.35. The molecule has 1 atom stereocenters. The van der Waals surface area contributed by atoms with Crippen molar-refractivity contribution < 1.29 is 13.5 Å². The van der Waals surface area contributed by atoms with E-state index in [4.69, 9.17) is 5.11 Å². The van der Waals surface area contributed by atoms with Crippen molar-refractivity contribution >= 4 is 10.2 Å². The highest BCUT2D eigenvalue weighted by Gasteiger charge is 2.32. The fraction of sp³-hybridized carbons (Fsp3) is 0.833. The first-order valence-electron chi connectivity index (χ1n) is 6.42. The summed E-state index contributed by atoms with van der Waals surface area (Å²) in [7, 11) is -3.42. The summed E-state index contributed by atoms with van der Waals surface area (Å²) in [5.41, 5.74) is 0.830. The van der Waals surface area contributed by atoms with Crippen LogP contribution in [0.2, 0.25) is 0 Å². The maximum absolute atomic E-state index is 12.4. The second-order valence-electron chi connectivity index (χ2n) is 4.94. The first-order chi connectivity index (χ1) is 8.41. The summed E-state index contributed by atoms with van der Waals surface area (Å²) in [6, 6.07) is 0. The monoisotopic (exact) mass is 276 g/mol. The van der Waals surface area contributed by atoms with Gasteiger partial charge in [-0.05, 0) is 25.7 Å². The zero-order valence-electron chi connectivity index (χ0n) is 11.3. The summed E-state index contributed by atoms with van der Waals surface area (Å²) in [6.45, 7) is 9.24. The molecule has 1 unspecified atom stereocenters. The Morgan fingerprint density at radius 3 is 2.72 bits per heavy atom. The number of likely N-dealkylation sites (N-methyl/N-ethyl adjacent to an activating group) is 1. The molecular formula is C12H24N2O3S. The Labute approximate surface area is 110 Å². The SMILES string of the molecule is C=C(C)CN(CC)S(=O)(=O)N1CCCC(CO)C1. The van der Waals surface area contributed by atoms with E-state index in [2.05, 4.69) is 6.58 Å². The summed E-state index contributed by atoms with van der Waals surface area (Å²) >= 11 is 0. The molecule has 0 amide bonds. The molecule has 0 radical (unpaired) electrons. The Bertz CT molecular complexity index is 381. The number of aliphatic hydroxyl groups is 1. The van der Waals surface area contributed by atoms with Crippen LogP contribution in [0.5, 0.6) is 0 Å². The number of nitrogens with zero attached hydrogens (tertiary/aromatic N) is 2. The molecule has 1 heterocycles. The highest BCUT2D eigenvalue weighted by Crippen LogP contribution is 2.21. The van der Waals surface area contributed by atoms with Crippen LogP contribution in [0.25, 0.3) is 0 Å². The molecule has 0 spiro atoms. The van der Waals surface area contributed by atoms with Gasteiger partial charge in [-0.15, -0.1) is 0 Å². The minimum atomic E-state index is -3.42. The summed E-state index contributed by atoms with van der Waals surface area (Å²) in [6.07, 6.45) is 1.71. The van der Waals surface area contributed by atoms with Gasteiger partial charge in [-0.25, -0.2) is 0 Å². The molecule has 1 fully saturated rings. The Kier molecular flexibility index (Phi) is 5.78. The highest BCUT2D eigenvalue weighted by molar-refractivity contribution is 7.86. The van der Waals surface area contributed by atoms with Crippen LogP contribution in [0, 0.1) is 5.92 Å². The summed E-state index contributed by atoms with van der Waals surface area (Å²) in [4.78, 5) is 0. The molecule has 0 aromatic carbocycles. The van der Waals surface area contributed by atoms with Crippen LogP contribution in [-0.2, 0) is 10.2 Å². The Morgan fingerprint density at radius 2 is 2.22 bits per heavy atom. The van der Waals surface area contributed by atoms with E-state index in [1.165, 1.54) is 8.61 Å². The van der Waals surface area contributed by atoms with E-state index in [0.717, 1.165) is 18.4 Å². The molecule has 0 aromatic rings. The van der Waals surface area contributed by atoms with Gasteiger partial charge in [0.05, 0.1) is 0 Å². The smallest absolute Gasteiger partial charge is 0.282 e. The Hall–Kier alpha value is -0.430. The fourth-order valence-electron chi connectivity index (χ4n) is 2.21. The summed E-state index contributed by atoms with van der Waals surface area (Å²) in [5.74, 6) is 0.0667. The second-order valence-corrected chi connectivity index (χ2v) is 6.87. The lowest BCUT2D eigenvalue weighted by Crippen LogP contribution is -2.48. The van der Waals surface area contributed by atoms with Crippen molar-refractivity contribution in [2.75, 3.05) is 32.8 Å². The molecule has 18 heavy (non-hydrogen) atoms. The lowest BCUT2D eigenvalue weighted by molar-refractivity contribution is 0.161. The highest BCUT2D eigenvalue weighted by atomic mass is 32.2. The predicted molar refractivity (Wildman–Crippen MR) is 72.4 cm³/mol. The lowest BCUT2D eigenvalue weighted by Gasteiger charge is -2.34. The number of rotatable bonds is 6. The van der Waals surface area contributed by atoms with Gasteiger partial charge in [0.2, 0.25) is 0 Å².